The first kappa shape index (κ1) is 13.6. The smallest absolute Gasteiger partial charge is 0.317 e. The standard InChI is InChI=1S/C12H17ClN2O2S/c1-9-8-15(6-7-17-9)12(16)14-5-4-10-2-3-11(13)18-10/h2-3,9H,4-8H2,1H3,(H,14,16). The second kappa shape index (κ2) is 6.41. The highest BCUT2D eigenvalue weighted by atomic mass is 35.5. The summed E-state index contributed by atoms with van der Waals surface area (Å²) in [6.45, 7) is 4.57. The summed E-state index contributed by atoms with van der Waals surface area (Å²) in [6.07, 6.45) is 0.948. The van der Waals surface area contributed by atoms with Gasteiger partial charge in [0.15, 0.2) is 0 Å². The fraction of sp³-hybridized carbons (Fsp3) is 0.583. The van der Waals surface area contributed by atoms with Gasteiger partial charge in [-0.2, -0.15) is 0 Å². The lowest BCUT2D eigenvalue weighted by atomic mass is 10.3. The van der Waals surface area contributed by atoms with Crippen LogP contribution in [-0.2, 0) is 11.2 Å². The molecule has 2 amide bonds. The van der Waals surface area contributed by atoms with Crippen LogP contribution in [0.5, 0.6) is 0 Å². The highest BCUT2D eigenvalue weighted by molar-refractivity contribution is 7.16. The van der Waals surface area contributed by atoms with Gasteiger partial charge >= 0.3 is 6.03 Å². The number of hydrogen-bond acceptors (Lipinski definition) is 3. The van der Waals surface area contributed by atoms with E-state index in [4.69, 9.17) is 16.3 Å². The molecule has 6 heteroatoms. The number of ether oxygens (including phenoxy) is 1. The fourth-order valence-corrected chi connectivity index (χ4v) is 2.98. The van der Waals surface area contributed by atoms with Crippen LogP contribution in [0.25, 0.3) is 0 Å². The van der Waals surface area contributed by atoms with Gasteiger partial charge in [-0.05, 0) is 25.5 Å². The third-order valence-electron chi connectivity index (χ3n) is 2.80. The topological polar surface area (TPSA) is 41.6 Å². The summed E-state index contributed by atoms with van der Waals surface area (Å²) in [7, 11) is 0. The van der Waals surface area contributed by atoms with Gasteiger partial charge in [-0.25, -0.2) is 4.79 Å². The lowest BCUT2D eigenvalue weighted by Crippen LogP contribution is -2.49. The minimum Gasteiger partial charge on any atom is -0.375 e. The van der Waals surface area contributed by atoms with Crippen LogP contribution in [-0.4, -0.2) is 43.3 Å². The van der Waals surface area contributed by atoms with Crippen molar-refractivity contribution in [2.24, 2.45) is 0 Å². The zero-order valence-electron chi connectivity index (χ0n) is 10.3. The van der Waals surface area contributed by atoms with Crippen LogP contribution in [0.1, 0.15) is 11.8 Å². The second-order valence-corrected chi connectivity index (χ2v) is 6.11. The van der Waals surface area contributed by atoms with Crippen molar-refractivity contribution in [3.63, 3.8) is 0 Å². The molecule has 0 aromatic carbocycles. The predicted molar refractivity (Wildman–Crippen MR) is 73.4 cm³/mol. The number of hydrogen-bond donors (Lipinski definition) is 1. The van der Waals surface area contributed by atoms with Crippen LogP contribution in [0.15, 0.2) is 12.1 Å². The molecule has 1 N–H and O–H groups in total. The molecule has 1 atom stereocenters. The number of carbonyl (C=O) groups excluding carboxylic acids is 1. The third kappa shape index (κ3) is 3.86. The minimum atomic E-state index is -0.00666. The molecular weight excluding hydrogens is 272 g/mol. The molecule has 1 unspecified atom stereocenters. The average molecular weight is 289 g/mol. The summed E-state index contributed by atoms with van der Waals surface area (Å²) < 4.78 is 6.19. The van der Waals surface area contributed by atoms with Crippen molar-refractivity contribution < 1.29 is 9.53 Å². The van der Waals surface area contributed by atoms with E-state index < -0.39 is 0 Å². The first-order chi connectivity index (χ1) is 8.65. The number of amides is 2. The van der Waals surface area contributed by atoms with Crippen LogP contribution in [0.2, 0.25) is 4.34 Å². The Balaban J connectivity index is 1.71. The van der Waals surface area contributed by atoms with E-state index in [2.05, 4.69) is 5.32 Å². The summed E-state index contributed by atoms with van der Waals surface area (Å²) in [4.78, 5) is 14.9. The monoisotopic (exact) mass is 288 g/mol. The van der Waals surface area contributed by atoms with Crippen molar-refractivity contribution in [2.75, 3.05) is 26.2 Å². The Labute approximate surface area is 116 Å². The van der Waals surface area contributed by atoms with Crippen LogP contribution < -0.4 is 5.32 Å². The number of halogens is 1. The molecule has 18 heavy (non-hydrogen) atoms. The maximum atomic E-state index is 11.9. The van der Waals surface area contributed by atoms with Crippen molar-refractivity contribution in [1.82, 2.24) is 10.2 Å². The van der Waals surface area contributed by atoms with Crippen LogP contribution in [0, 0.1) is 0 Å². The molecule has 4 nitrogen and oxygen atoms in total. The molecule has 0 bridgehead atoms. The zero-order chi connectivity index (χ0) is 13.0. The van der Waals surface area contributed by atoms with Crippen LogP contribution >= 0.6 is 22.9 Å². The summed E-state index contributed by atoms with van der Waals surface area (Å²) in [6, 6.07) is 3.87. The summed E-state index contributed by atoms with van der Waals surface area (Å²) in [5.74, 6) is 0. The minimum absolute atomic E-state index is 0.00666. The Hall–Kier alpha value is -0.780. The summed E-state index contributed by atoms with van der Waals surface area (Å²) in [5.41, 5.74) is 0. The van der Waals surface area contributed by atoms with E-state index in [-0.39, 0.29) is 12.1 Å². The fourth-order valence-electron chi connectivity index (χ4n) is 1.89. The molecule has 0 radical (unpaired) electrons. The van der Waals surface area contributed by atoms with Crippen molar-refractivity contribution >= 4 is 29.0 Å². The molecule has 1 aliphatic rings. The number of morpholine rings is 1. The second-order valence-electron chi connectivity index (χ2n) is 4.32. The highest BCUT2D eigenvalue weighted by Gasteiger charge is 2.20. The largest absolute Gasteiger partial charge is 0.375 e. The van der Waals surface area contributed by atoms with E-state index >= 15 is 0 Å². The van der Waals surface area contributed by atoms with Gasteiger partial charge in [0.25, 0.3) is 0 Å². The van der Waals surface area contributed by atoms with E-state index in [1.54, 1.807) is 16.2 Å². The van der Waals surface area contributed by atoms with Gasteiger partial charge in [0, 0.05) is 24.5 Å². The van der Waals surface area contributed by atoms with E-state index in [0.717, 1.165) is 10.8 Å². The number of urea groups is 1. The molecule has 100 valence electrons. The van der Waals surface area contributed by atoms with E-state index in [9.17, 15) is 4.79 Å². The van der Waals surface area contributed by atoms with Crippen molar-refractivity contribution in [2.45, 2.75) is 19.4 Å². The Morgan fingerprint density at radius 3 is 3.17 bits per heavy atom. The third-order valence-corrected chi connectivity index (χ3v) is 4.10. The van der Waals surface area contributed by atoms with Crippen LogP contribution in [0.4, 0.5) is 4.79 Å². The van der Waals surface area contributed by atoms with Gasteiger partial charge in [-0.1, -0.05) is 11.6 Å². The number of carbonyl (C=O) groups is 1. The lowest BCUT2D eigenvalue weighted by molar-refractivity contribution is -0.00342. The number of nitrogens with zero attached hydrogens (tertiary/aromatic N) is 1. The summed E-state index contributed by atoms with van der Waals surface area (Å²) in [5, 5.41) is 2.93. The molecule has 1 fully saturated rings. The Bertz CT molecular complexity index is 411. The Morgan fingerprint density at radius 1 is 1.67 bits per heavy atom. The molecule has 2 rings (SSSR count). The van der Waals surface area contributed by atoms with Crippen LogP contribution in [0.3, 0.4) is 0 Å². The zero-order valence-corrected chi connectivity index (χ0v) is 11.9. The quantitative estimate of drug-likeness (QED) is 0.928. The number of rotatable bonds is 3. The molecule has 1 aliphatic heterocycles. The van der Waals surface area contributed by atoms with Gasteiger partial charge in [-0.15, -0.1) is 11.3 Å². The van der Waals surface area contributed by atoms with Crippen molar-refractivity contribution in [3.05, 3.63) is 21.3 Å². The molecular formula is C12H17ClN2O2S. The van der Waals surface area contributed by atoms with Gasteiger partial charge in [0.2, 0.25) is 0 Å². The molecule has 1 aromatic rings. The van der Waals surface area contributed by atoms with Gasteiger partial charge < -0.3 is 15.0 Å². The number of thiophene rings is 1. The molecule has 1 saturated heterocycles. The number of nitrogens with one attached hydrogen (secondary N) is 1. The molecule has 2 heterocycles. The Kier molecular flexibility index (Phi) is 4.86. The normalized spacial score (nSPS) is 19.9. The lowest BCUT2D eigenvalue weighted by Gasteiger charge is -2.31. The average Bonchev–Trinajstić information content (AvgIpc) is 2.75. The molecule has 0 aliphatic carbocycles. The van der Waals surface area contributed by atoms with Gasteiger partial charge in [0.1, 0.15) is 0 Å². The van der Waals surface area contributed by atoms with Gasteiger partial charge in [-0.3, -0.25) is 0 Å². The van der Waals surface area contributed by atoms with E-state index in [1.165, 1.54) is 4.88 Å². The molecule has 0 spiro atoms. The van der Waals surface area contributed by atoms with Crippen molar-refractivity contribution in [3.8, 4) is 0 Å². The highest BCUT2D eigenvalue weighted by Crippen LogP contribution is 2.21. The predicted octanol–water partition coefficient (Wildman–Crippen LogP) is 2.37. The Morgan fingerprint density at radius 2 is 2.50 bits per heavy atom. The molecule has 1 aromatic heterocycles. The van der Waals surface area contributed by atoms with E-state index in [0.29, 0.717) is 26.2 Å². The van der Waals surface area contributed by atoms with E-state index in [1.807, 2.05) is 19.1 Å². The molecule has 0 saturated carbocycles. The maximum absolute atomic E-state index is 11.9. The van der Waals surface area contributed by atoms with Crippen molar-refractivity contribution in [1.29, 1.82) is 0 Å². The maximum Gasteiger partial charge on any atom is 0.317 e. The SMILES string of the molecule is CC1CN(C(=O)NCCc2ccc(Cl)s2)CCO1. The van der Waals surface area contributed by atoms with Gasteiger partial charge in [0.05, 0.1) is 17.0 Å². The summed E-state index contributed by atoms with van der Waals surface area (Å²) >= 11 is 7.40. The first-order valence-electron chi connectivity index (χ1n) is 6.04. The first-order valence-corrected chi connectivity index (χ1v) is 7.23.